The largest absolute Gasteiger partial charge is 0.480 e. The maximum Gasteiger partial charge on any atom is 0.323 e. The Morgan fingerprint density at radius 3 is 2.47 bits per heavy atom. The molecule has 1 saturated carbocycles. The van der Waals surface area contributed by atoms with Gasteiger partial charge in [0.15, 0.2) is 0 Å². The van der Waals surface area contributed by atoms with Crippen LogP contribution in [0.15, 0.2) is 0 Å². The molecule has 2 N–H and O–H groups in total. The summed E-state index contributed by atoms with van der Waals surface area (Å²) in [6.07, 6.45) is 4.44. The molecular weight excluding hydrogens is 190 g/mol. The molecule has 1 rings (SSSR count). The van der Waals surface area contributed by atoms with Crippen LogP contribution in [0.2, 0.25) is 0 Å². The molecule has 1 unspecified atom stereocenters. The monoisotopic (exact) mass is 213 g/mol. The van der Waals surface area contributed by atoms with E-state index in [1.807, 2.05) is 6.92 Å². The second-order valence-electron chi connectivity index (χ2n) is 5.41. The van der Waals surface area contributed by atoms with Crippen molar-refractivity contribution in [2.45, 2.75) is 52.0 Å². The van der Waals surface area contributed by atoms with Crippen LogP contribution in [0.25, 0.3) is 0 Å². The van der Waals surface area contributed by atoms with E-state index >= 15 is 0 Å². The van der Waals surface area contributed by atoms with Crippen LogP contribution < -0.4 is 5.32 Å². The second kappa shape index (κ2) is 4.97. The van der Waals surface area contributed by atoms with Gasteiger partial charge in [0.05, 0.1) is 0 Å². The smallest absolute Gasteiger partial charge is 0.323 e. The Hall–Kier alpha value is -0.570. The van der Waals surface area contributed by atoms with Gasteiger partial charge in [0.2, 0.25) is 0 Å². The average molecular weight is 213 g/mol. The highest BCUT2D eigenvalue weighted by molar-refractivity contribution is 5.78. The van der Waals surface area contributed by atoms with Crippen molar-refractivity contribution in [3.63, 3.8) is 0 Å². The van der Waals surface area contributed by atoms with Crippen molar-refractivity contribution in [3.8, 4) is 0 Å². The molecule has 1 aliphatic carbocycles. The molecule has 0 spiro atoms. The summed E-state index contributed by atoms with van der Waals surface area (Å²) >= 11 is 0. The highest BCUT2D eigenvalue weighted by Gasteiger charge is 2.36. The van der Waals surface area contributed by atoms with Crippen LogP contribution in [-0.4, -0.2) is 23.2 Å². The molecule has 88 valence electrons. The van der Waals surface area contributed by atoms with Crippen molar-refractivity contribution in [2.24, 2.45) is 11.8 Å². The molecular formula is C12H23NO2. The summed E-state index contributed by atoms with van der Waals surface area (Å²) in [7, 11) is 0. The summed E-state index contributed by atoms with van der Waals surface area (Å²) in [4.78, 5) is 11.2. The number of aliphatic carboxylic acids is 1. The topological polar surface area (TPSA) is 49.3 Å². The van der Waals surface area contributed by atoms with E-state index in [-0.39, 0.29) is 0 Å². The molecule has 0 amide bonds. The molecule has 1 aliphatic rings. The van der Waals surface area contributed by atoms with E-state index in [0.29, 0.717) is 11.8 Å². The lowest BCUT2D eigenvalue weighted by Gasteiger charge is -2.35. The van der Waals surface area contributed by atoms with E-state index in [2.05, 4.69) is 19.2 Å². The predicted octanol–water partition coefficient (Wildman–Crippen LogP) is 2.27. The molecule has 0 aromatic carbocycles. The number of carboxylic acids is 1. The number of carboxylic acid groups (broad SMARTS) is 1. The van der Waals surface area contributed by atoms with Crippen molar-refractivity contribution in [2.75, 3.05) is 6.54 Å². The van der Waals surface area contributed by atoms with Gasteiger partial charge in [0.1, 0.15) is 5.54 Å². The summed E-state index contributed by atoms with van der Waals surface area (Å²) in [5.74, 6) is 0.394. The van der Waals surface area contributed by atoms with Gasteiger partial charge in [0, 0.05) is 0 Å². The molecule has 0 aromatic heterocycles. The van der Waals surface area contributed by atoms with Crippen LogP contribution in [0.3, 0.4) is 0 Å². The summed E-state index contributed by atoms with van der Waals surface area (Å²) in [5.41, 5.74) is -0.727. The fourth-order valence-electron chi connectivity index (χ4n) is 1.94. The fraction of sp³-hybridized carbons (Fsp3) is 0.917. The normalized spacial score (nSPS) is 21.1. The Labute approximate surface area is 92.3 Å². The minimum absolute atomic E-state index is 0.491. The third-order valence-corrected chi connectivity index (χ3v) is 3.29. The molecule has 0 radical (unpaired) electrons. The molecule has 1 fully saturated rings. The lowest BCUT2D eigenvalue weighted by molar-refractivity contribution is -0.145. The Bertz CT molecular complexity index is 224. The third-order valence-electron chi connectivity index (χ3n) is 3.29. The lowest BCUT2D eigenvalue weighted by atomic mass is 9.76. The van der Waals surface area contributed by atoms with E-state index in [0.717, 1.165) is 13.0 Å². The van der Waals surface area contributed by atoms with E-state index in [9.17, 15) is 9.90 Å². The number of hydrogen-bond donors (Lipinski definition) is 2. The quantitative estimate of drug-likeness (QED) is 0.711. The maximum atomic E-state index is 11.2. The first kappa shape index (κ1) is 12.5. The van der Waals surface area contributed by atoms with Crippen molar-refractivity contribution in [3.05, 3.63) is 0 Å². The van der Waals surface area contributed by atoms with Gasteiger partial charge in [-0.25, -0.2) is 0 Å². The van der Waals surface area contributed by atoms with Crippen LogP contribution in [0, 0.1) is 11.8 Å². The Morgan fingerprint density at radius 2 is 2.13 bits per heavy atom. The number of carbonyl (C=O) groups is 1. The maximum absolute atomic E-state index is 11.2. The SMILES string of the molecule is CC(C)CNC(C)(CC1CCC1)C(=O)O. The molecule has 0 heterocycles. The summed E-state index contributed by atoms with van der Waals surface area (Å²) < 4.78 is 0. The van der Waals surface area contributed by atoms with Crippen molar-refractivity contribution in [1.82, 2.24) is 5.32 Å². The molecule has 0 saturated heterocycles. The number of hydrogen-bond acceptors (Lipinski definition) is 2. The highest BCUT2D eigenvalue weighted by Crippen LogP contribution is 2.33. The van der Waals surface area contributed by atoms with Crippen LogP contribution >= 0.6 is 0 Å². The zero-order valence-electron chi connectivity index (χ0n) is 10.0. The van der Waals surface area contributed by atoms with Gasteiger partial charge < -0.3 is 10.4 Å². The molecule has 3 heteroatoms. The average Bonchev–Trinajstić information content (AvgIpc) is 2.08. The van der Waals surface area contributed by atoms with E-state index in [1.165, 1.54) is 19.3 Å². The van der Waals surface area contributed by atoms with Gasteiger partial charge in [-0.2, -0.15) is 0 Å². The van der Waals surface area contributed by atoms with Gasteiger partial charge in [-0.3, -0.25) is 4.79 Å². The standard InChI is InChI=1S/C12H23NO2/c1-9(2)8-13-12(3,11(14)15)7-10-5-4-6-10/h9-10,13H,4-8H2,1-3H3,(H,14,15). The predicted molar refractivity (Wildman–Crippen MR) is 60.8 cm³/mol. The molecule has 0 bridgehead atoms. The van der Waals surface area contributed by atoms with E-state index in [4.69, 9.17) is 0 Å². The van der Waals surface area contributed by atoms with E-state index in [1.54, 1.807) is 0 Å². The Balaban J connectivity index is 2.48. The minimum atomic E-state index is -0.727. The number of rotatable bonds is 6. The van der Waals surface area contributed by atoms with Crippen LogP contribution in [-0.2, 0) is 4.79 Å². The first-order chi connectivity index (χ1) is 6.94. The fourth-order valence-corrected chi connectivity index (χ4v) is 1.94. The first-order valence-electron chi connectivity index (χ1n) is 5.92. The zero-order valence-corrected chi connectivity index (χ0v) is 10.0. The molecule has 3 nitrogen and oxygen atoms in total. The van der Waals surface area contributed by atoms with Crippen LogP contribution in [0.1, 0.15) is 46.5 Å². The summed E-state index contributed by atoms with van der Waals surface area (Å²) in [5, 5.41) is 12.4. The minimum Gasteiger partial charge on any atom is -0.480 e. The van der Waals surface area contributed by atoms with E-state index < -0.39 is 11.5 Å². The van der Waals surface area contributed by atoms with Gasteiger partial charge in [-0.15, -0.1) is 0 Å². The van der Waals surface area contributed by atoms with Crippen LogP contribution in [0.4, 0.5) is 0 Å². The molecule has 0 aliphatic heterocycles. The lowest BCUT2D eigenvalue weighted by Crippen LogP contribution is -2.52. The van der Waals surface area contributed by atoms with Gasteiger partial charge >= 0.3 is 5.97 Å². The molecule has 15 heavy (non-hydrogen) atoms. The molecule has 1 atom stereocenters. The zero-order chi connectivity index (χ0) is 11.5. The Kier molecular flexibility index (Phi) is 4.14. The Morgan fingerprint density at radius 1 is 1.53 bits per heavy atom. The third kappa shape index (κ3) is 3.49. The van der Waals surface area contributed by atoms with Crippen molar-refractivity contribution in [1.29, 1.82) is 0 Å². The summed E-state index contributed by atoms with van der Waals surface area (Å²) in [6, 6.07) is 0. The van der Waals surface area contributed by atoms with Gasteiger partial charge in [0.25, 0.3) is 0 Å². The second-order valence-corrected chi connectivity index (χ2v) is 5.41. The van der Waals surface area contributed by atoms with Gasteiger partial charge in [-0.1, -0.05) is 33.1 Å². The first-order valence-corrected chi connectivity index (χ1v) is 5.92. The van der Waals surface area contributed by atoms with Crippen molar-refractivity contribution >= 4 is 5.97 Å². The van der Waals surface area contributed by atoms with Crippen LogP contribution in [0.5, 0.6) is 0 Å². The number of nitrogens with one attached hydrogen (secondary N) is 1. The van der Waals surface area contributed by atoms with Gasteiger partial charge in [-0.05, 0) is 31.7 Å². The highest BCUT2D eigenvalue weighted by atomic mass is 16.4. The molecule has 0 aromatic rings. The van der Waals surface area contributed by atoms with Crippen molar-refractivity contribution < 1.29 is 9.90 Å². The summed E-state index contributed by atoms with van der Waals surface area (Å²) in [6.45, 7) is 6.78.